The van der Waals surface area contributed by atoms with Crippen LogP contribution in [0, 0.1) is 11.6 Å². The molecular weight excluding hydrogens is 318 g/mol. The van der Waals surface area contributed by atoms with Gasteiger partial charge in [-0.2, -0.15) is 0 Å². The summed E-state index contributed by atoms with van der Waals surface area (Å²) in [6.45, 7) is 5.35. The second-order valence-corrected chi connectivity index (χ2v) is 6.48. The summed E-state index contributed by atoms with van der Waals surface area (Å²) in [5.41, 5.74) is 0.520. The first kappa shape index (κ1) is 17.1. The number of piperidine rings is 1. The lowest BCUT2D eigenvalue weighted by molar-refractivity contribution is -0.189. The summed E-state index contributed by atoms with van der Waals surface area (Å²) >= 11 is 0. The minimum atomic E-state index is -0.918. The van der Waals surface area contributed by atoms with E-state index in [2.05, 4.69) is 5.32 Å². The zero-order valence-electron chi connectivity index (χ0n) is 13.9. The van der Waals surface area contributed by atoms with E-state index in [-0.39, 0.29) is 12.1 Å². The summed E-state index contributed by atoms with van der Waals surface area (Å²) in [6, 6.07) is 2.99. The number of benzene rings is 1. The summed E-state index contributed by atoms with van der Waals surface area (Å²) < 4.78 is 37.9. The van der Waals surface area contributed by atoms with E-state index < -0.39 is 23.5 Å². The predicted octanol–water partition coefficient (Wildman–Crippen LogP) is 2.96. The lowest BCUT2D eigenvalue weighted by atomic mass is 10.0. The molecule has 0 radical (unpaired) electrons. The van der Waals surface area contributed by atoms with Gasteiger partial charge in [0.25, 0.3) is 0 Å². The van der Waals surface area contributed by atoms with E-state index in [1.807, 2.05) is 6.92 Å². The van der Waals surface area contributed by atoms with Gasteiger partial charge in [0.05, 0.1) is 18.8 Å². The van der Waals surface area contributed by atoms with Crippen molar-refractivity contribution in [2.75, 3.05) is 19.7 Å². The van der Waals surface area contributed by atoms with Crippen LogP contribution in [0.15, 0.2) is 18.2 Å². The molecule has 132 valence electrons. The topological polar surface area (TPSA) is 50.8 Å². The number of nitrogens with zero attached hydrogens (tertiary/aromatic N) is 1. The van der Waals surface area contributed by atoms with Crippen LogP contribution in [0.25, 0.3) is 0 Å². The van der Waals surface area contributed by atoms with Crippen molar-refractivity contribution in [3.63, 3.8) is 0 Å². The molecule has 2 atom stereocenters. The number of carbonyl (C=O) groups is 1. The van der Waals surface area contributed by atoms with Crippen LogP contribution in [0.3, 0.4) is 0 Å². The average molecular weight is 340 g/mol. The van der Waals surface area contributed by atoms with E-state index in [1.54, 1.807) is 11.8 Å². The van der Waals surface area contributed by atoms with Gasteiger partial charge in [-0.15, -0.1) is 0 Å². The van der Waals surface area contributed by atoms with Crippen molar-refractivity contribution in [3.05, 3.63) is 35.4 Å². The second kappa shape index (κ2) is 6.64. The van der Waals surface area contributed by atoms with Crippen molar-refractivity contribution in [1.82, 2.24) is 10.2 Å². The van der Waals surface area contributed by atoms with Crippen molar-refractivity contribution >= 4 is 6.03 Å². The molecule has 5 nitrogen and oxygen atoms in total. The lowest BCUT2D eigenvalue weighted by Gasteiger charge is -2.38. The van der Waals surface area contributed by atoms with Gasteiger partial charge >= 0.3 is 6.03 Å². The van der Waals surface area contributed by atoms with Crippen LogP contribution < -0.4 is 5.32 Å². The van der Waals surface area contributed by atoms with E-state index in [1.165, 1.54) is 6.07 Å². The van der Waals surface area contributed by atoms with Crippen LogP contribution >= 0.6 is 0 Å². The summed E-state index contributed by atoms with van der Waals surface area (Å²) in [5, 5.41) is 2.82. The third-order valence-electron chi connectivity index (χ3n) is 4.59. The number of halogens is 2. The van der Waals surface area contributed by atoms with Crippen molar-refractivity contribution in [2.24, 2.45) is 0 Å². The van der Waals surface area contributed by atoms with Crippen molar-refractivity contribution in [1.29, 1.82) is 0 Å². The highest BCUT2D eigenvalue weighted by Crippen LogP contribution is 2.34. The molecule has 1 spiro atoms. The van der Waals surface area contributed by atoms with Gasteiger partial charge in [0, 0.05) is 25.9 Å². The number of urea groups is 1. The number of carbonyl (C=O) groups excluding carboxylic acids is 1. The Morgan fingerprint density at radius 1 is 1.33 bits per heavy atom. The maximum absolute atomic E-state index is 13.3. The van der Waals surface area contributed by atoms with Gasteiger partial charge in [-0.3, -0.25) is 0 Å². The molecular formula is C17H22F2N2O3. The van der Waals surface area contributed by atoms with Gasteiger partial charge in [0.15, 0.2) is 17.4 Å². The van der Waals surface area contributed by atoms with E-state index in [4.69, 9.17) is 9.47 Å². The van der Waals surface area contributed by atoms with E-state index >= 15 is 0 Å². The molecule has 2 aliphatic rings. The van der Waals surface area contributed by atoms with Crippen LogP contribution in [-0.2, 0) is 9.47 Å². The number of ether oxygens (including phenoxy) is 2. The van der Waals surface area contributed by atoms with Crippen LogP contribution in [0.2, 0.25) is 0 Å². The standard InChI is InChI=1S/C17H22F2N2O3/c1-11-10-23-17(24-11)5-7-21(8-6-17)16(22)20-12(2)13-3-4-14(18)15(19)9-13/h3-4,9,11-12H,5-8,10H2,1-2H3,(H,20,22)/t11-,12+/m1/s1. The van der Waals surface area contributed by atoms with E-state index in [9.17, 15) is 13.6 Å². The molecule has 0 bridgehead atoms. The molecule has 3 rings (SSSR count). The molecule has 0 aliphatic carbocycles. The minimum absolute atomic E-state index is 0.0822. The van der Waals surface area contributed by atoms with E-state index in [0.29, 0.717) is 38.1 Å². The summed E-state index contributed by atoms with van der Waals surface area (Å²) in [6.07, 6.45) is 1.34. The Balaban J connectivity index is 1.55. The van der Waals surface area contributed by atoms with Gasteiger partial charge in [-0.05, 0) is 31.5 Å². The number of amides is 2. The molecule has 1 N–H and O–H groups in total. The fourth-order valence-corrected chi connectivity index (χ4v) is 3.16. The Kier molecular flexibility index (Phi) is 4.73. The molecule has 0 aromatic heterocycles. The third-order valence-corrected chi connectivity index (χ3v) is 4.59. The number of likely N-dealkylation sites (tertiary alicyclic amines) is 1. The molecule has 24 heavy (non-hydrogen) atoms. The predicted molar refractivity (Wildman–Crippen MR) is 83.3 cm³/mol. The summed E-state index contributed by atoms with van der Waals surface area (Å²) in [7, 11) is 0. The van der Waals surface area contributed by atoms with Crippen molar-refractivity contribution < 1.29 is 23.0 Å². The number of hydrogen-bond acceptors (Lipinski definition) is 3. The number of hydrogen-bond donors (Lipinski definition) is 1. The first-order chi connectivity index (χ1) is 11.4. The first-order valence-electron chi connectivity index (χ1n) is 8.21. The van der Waals surface area contributed by atoms with Gasteiger partial charge in [-0.25, -0.2) is 13.6 Å². The molecule has 2 amide bonds. The highest BCUT2D eigenvalue weighted by atomic mass is 19.2. The molecule has 0 unspecified atom stereocenters. The van der Waals surface area contributed by atoms with Gasteiger partial charge < -0.3 is 19.7 Å². The van der Waals surface area contributed by atoms with Crippen LogP contribution in [0.4, 0.5) is 13.6 Å². The Morgan fingerprint density at radius 2 is 2.04 bits per heavy atom. The second-order valence-electron chi connectivity index (χ2n) is 6.48. The molecule has 2 heterocycles. The quantitative estimate of drug-likeness (QED) is 0.900. The molecule has 1 aromatic carbocycles. The molecule has 2 aliphatic heterocycles. The largest absolute Gasteiger partial charge is 0.347 e. The third kappa shape index (κ3) is 3.52. The van der Waals surface area contributed by atoms with Crippen LogP contribution in [-0.4, -0.2) is 42.5 Å². The Hall–Kier alpha value is -1.73. The fraction of sp³-hybridized carbons (Fsp3) is 0.588. The van der Waals surface area contributed by atoms with E-state index in [0.717, 1.165) is 12.1 Å². The maximum atomic E-state index is 13.3. The summed E-state index contributed by atoms with van der Waals surface area (Å²) in [5.74, 6) is -2.37. The van der Waals surface area contributed by atoms with Crippen LogP contribution in [0.1, 0.15) is 38.3 Å². The normalized spacial score (nSPS) is 24.2. The maximum Gasteiger partial charge on any atom is 0.317 e. The monoisotopic (exact) mass is 340 g/mol. The highest BCUT2D eigenvalue weighted by molar-refractivity contribution is 5.74. The fourth-order valence-electron chi connectivity index (χ4n) is 3.16. The van der Waals surface area contributed by atoms with Crippen LogP contribution in [0.5, 0.6) is 0 Å². The molecule has 2 saturated heterocycles. The average Bonchev–Trinajstić information content (AvgIpc) is 2.91. The van der Waals surface area contributed by atoms with Gasteiger partial charge in [0.1, 0.15) is 0 Å². The molecule has 2 fully saturated rings. The zero-order chi connectivity index (χ0) is 17.3. The lowest BCUT2D eigenvalue weighted by Crippen LogP contribution is -2.50. The highest BCUT2D eigenvalue weighted by Gasteiger charge is 2.43. The zero-order valence-corrected chi connectivity index (χ0v) is 13.9. The Labute approximate surface area is 139 Å². The Morgan fingerprint density at radius 3 is 2.62 bits per heavy atom. The number of rotatable bonds is 2. The Bertz CT molecular complexity index is 618. The van der Waals surface area contributed by atoms with Crippen molar-refractivity contribution in [2.45, 2.75) is 44.6 Å². The van der Waals surface area contributed by atoms with Gasteiger partial charge in [0.2, 0.25) is 0 Å². The first-order valence-corrected chi connectivity index (χ1v) is 8.21. The SMILES string of the molecule is C[C@@H]1COC2(CCN(C(=O)N[C@@H](C)c3ccc(F)c(F)c3)CC2)O1. The molecule has 0 saturated carbocycles. The smallest absolute Gasteiger partial charge is 0.317 e. The van der Waals surface area contributed by atoms with Crippen molar-refractivity contribution in [3.8, 4) is 0 Å². The molecule has 1 aromatic rings. The van der Waals surface area contributed by atoms with Gasteiger partial charge in [-0.1, -0.05) is 6.07 Å². The summed E-state index contributed by atoms with van der Waals surface area (Å²) in [4.78, 5) is 14.1. The minimum Gasteiger partial charge on any atom is -0.347 e. The number of nitrogens with one attached hydrogen (secondary N) is 1. The molecule has 7 heteroatoms.